The summed E-state index contributed by atoms with van der Waals surface area (Å²) in [7, 11) is -3.10. The van der Waals surface area contributed by atoms with Gasteiger partial charge in [0.2, 0.25) is 17.2 Å². The molecule has 2 aromatic carbocycles. The van der Waals surface area contributed by atoms with Crippen LogP contribution < -0.4 is 21.1 Å². The second-order valence-electron chi connectivity index (χ2n) is 10.6. The molecule has 0 bridgehead atoms. The van der Waals surface area contributed by atoms with Crippen LogP contribution in [0.15, 0.2) is 36.4 Å². The van der Waals surface area contributed by atoms with E-state index in [4.69, 9.17) is 54.0 Å². The lowest BCUT2D eigenvalue weighted by atomic mass is 10.1. The average molecular weight is 783 g/mol. The first-order valence-electron chi connectivity index (χ1n) is 14.1. The molecule has 1 heterocycles. The van der Waals surface area contributed by atoms with Crippen molar-refractivity contribution >= 4 is 60.1 Å². The van der Waals surface area contributed by atoms with Gasteiger partial charge < -0.3 is 36.2 Å². The molecule has 0 radical (unpaired) electrons. The maximum Gasteiger partial charge on any atom is 0.416 e. The minimum Gasteiger partial charge on any atom is -0.480 e. The molecule has 0 aliphatic carbocycles. The number of carboxylic acid groups (broad SMARTS) is 2. The molecule has 2 unspecified atom stereocenters. The van der Waals surface area contributed by atoms with Gasteiger partial charge in [0, 0.05) is 31.5 Å². The van der Waals surface area contributed by atoms with Crippen LogP contribution in [0.4, 0.5) is 30.8 Å². The summed E-state index contributed by atoms with van der Waals surface area (Å²) in [5, 5.41) is 42.4. The number of carboxylic acids is 2. The molecule has 2 atom stereocenters. The number of hydrogen-bond donors (Lipinski definition) is 6. The van der Waals surface area contributed by atoms with Crippen molar-refractivity contribution in [1.82, 2.24) is 15.0 Å². The zero-order chi connectivity index (χ0) is 39.3. The number of nitrogens with two attached hydrogens (primary N) is 1. The quantitative estimate of drug-likeness (QED) is 0.0686. The molecule has 3 aromatic rings. The van der Waals surface area contributed by atoms with Gasteiger partial charge in [-0.15, -0.1) is 0 Å². The van der Waals surface area contributed by atoms with Crippen LogP contribution in [0.2, 0.25) is 10.3 Å². The number of halogens is 5. The Balaban J connectivity index is 0.000000416. The number of nitriles is 1. The van der Waals surface area contributed by atoms with E-state index in [-0.39, 0.29) is 40.3 Å². The molecule has 0 amide bonds. The van der Waals surface area contributed by atoms with Crippen molar-refractivity contribution in [1.29, 1.82) is 5.26 Å². The molecule has 7 N–H and O–H groups in total. The minimum atomic E-state index is -4.58. The van der Waals surface area contributed by atoms with Gasteiger partial charge in [0.25, 0.3) is 5.69 Å². The van der Waals surface area contributed by atoms with Crippen LogP contribution in [0.3, 0.4) is 0 Å². The van der Waals surface area contributed by atoms with Crippen LogP contribution >= 0.6 is 30.6 Å². The van der Waals surface area contributed by atoms with Gasteiger partial charge in [-0.05, 0) is 63.1 Å². The zero-order valence-corrected chi connectivity index (χ0v) is 29.5. The number of nitrogens with zero attached hydrogens (tertiary/aromatic N) is 5. The molecular weight excluding hydrogens is 751 g/mol. The summed E-state index contributed by atoms with van der Waals surface area (Å²) in [4.78, 5) is 51.7. The van der Waals surface area contributed by atoms with Crippen LogP contribution in [0.1, 0.15) is 43.1 Å². The summed E-state index contributed by atoms with van der Waals surface area (Å²) in [5.41, 5.74) is 2.09. The summed E-state index contributed by atoms with van der Waals surface area (Å²) in [5.74, 6) is -2.31. The van der Waals surface area contributed by atoms with Gasteiger partial charge in [-0.2, -0.15) is 33.4 Å². The van der Waals surface area contributed by atoms with Gasteiger partial charge in [-0.25, -0.2) is 4.79 Å². The van der Waals surface area contributed by atoms with Crippen molar-refractivity contribution in [3.63, 3.8) is 0 Å². The number of ether oxygens (including phenoxy) is 1. The molecule has 0 saturated carbocycles. The molecule has 1 aromatic heterocycles. The number of hydrogen-bond acceptors (Lipinski definition) is 13. The number of aromatic nitrogens is 3. The number of carbonyl (C=O) groups is 2. The van der Waals surface area contributed by atoms with Gasteiger partial charge >= 0.3 is 18.1 Å². The van der Waals surface area contributed by atoms with E-state index in [1.165, 1.54) is 6.66 Å². The van der Waals surface area contributed by atoms with Crippen LogP contribution in [0.5, 0.6) is 11.5 Å². The molecule has 0 saturated heterocycles. The van der Waals surface area contributed by atoms with E-state index >= 15 is 0 Å². The van der Waals surface area contributed by atoms with Crippen molar-refractivity contribution in [2.75, 3.05) is 30.0 Å². The molecule has 17 nitrogen and oxygen atoms in total. The standard InChI is InChI=1S/C14H7ClF3NO5.C9H13ClN6.C5H12NO4P/c15-10-5-7(14(16,17)18)1-4-12(10)24-8-2-3-11(19(22)23)9(6-8)13(20)21;1-4-12-7-13-6(10)14-8(15-7)16-9(2,3)5-11;1-11(9,10)3-2-4(6)5(7)8/h1-6H,(H,20,21);4H2,1-3H3,(H2,12,13,14,15,16);4H,2-3,6H2,1H3,(H,7,8)(H,9,10). The van der Waals surface area contributed by atoms with Crippen LogP contribution in [-0.4, -0.2) is 77.9 Å². The molecule has 0 aliphatic heterocycles. The maximum atomic E-state index is 12.6. The van der Waals surface area contributed by atoms with Crippen LogP contribution in [0.25, 0.3) is 0 Å². The minimum absolute atomic E-state index is 0.0412. The highest BCUT2D eigenvalue weighted by Crippen LogP contribution is 2.37. The van der Waals surface area contributed by atoms with Crippen molar-refractivity contribution in [3.05, 3.63) is 67.9 Å². The number of rotatable bonds is 12. The van der Waals surface area contributed by atoms with Crippen molar-refractivity contribution < 1.29 is 52.1 Å². The Morgan fingerprint density at radius 3 is 2.22 bits per heavy atom. The van der Waals surface area contributed by atoms with E-state index < -0.39 is 58.8 Å². The summed E-state index contributed by atoms with van der Waals surface area (Å²) >= 11 is 11.5. The first-order valence-corrected chi connectivity index (χ1v) is 17.1. The van der Waals surface area contributed by atoms with E-state index in [2.05, 4.69) is 31.7 Å². The summed E-state index contributed by atoms with van der Waals surface area (Å²) in [6, 6.07) is 6.32. The third-order valence-corrected chi connectivity index (χ3v) is 7.25. The van der Waals surface area contributed by atoms with Crippen LogP contribution in [-0.2, 0) is 15.5 Å². The predicted molar refractivity (Wildman–Crippen MR) is 180 cm³/mol. The molecule has 23 heteroatoms. The average Bonchev–Trinajstić information content (AvgIpc) is 3.00. The Bertz CT molecular complexity index is 1810. The SMILES string of the molecule is CCNc1nc(Cl)nc(NC(C)(C)C#N)n1.CP(=O)(O)CCC(N)C(=O)O.O=C(O)c1cc(Oc2ccc(C(F)(F)F)cc2Cl)ccc1[N+](=O)[O-]. The molecular formula is C28H32Cl2F3N8O9P. The monoisotopic (exact) mass is 782 g/mol. The third kappa shape index (κ3) is 16.2. The third-order valence-electron chi connectivity index (χ3n) is 5.70. The summed E-state index contributed by atoms with van der Waals surface area (Å²) in [6.45, 7) is 7.22. The lowest BCUT2D eigenvalue weighted by molar-refractivity contribution is -0.385. The molecule has 3 rings (SSSR count). The fourth-order valence-electron chi connectivity index (χ4n) is 3.25. The van der Waals surface area contributed by atoms with Gasteiger partial charge in [0.05, 0.1) is 21.6 Å². The maximum absolute atomic E-state index is 12.6. The first-order chi connectivity index (χ1) is 23.4. The van der Waals surface area contributed by atoms with Gasteiger partial charge in [-0.3, -0.25) is 19.5 Å². The second-order valence-corrected chi connectivity index (χ2v) is 13.9. The summed E-state index contributed by atoms with van der Waals surface area (Å²) in [6.07, 6.45) is -4.58. The Morgan fingerprint density at radius 2 is 1.75 bits per heavy atom. The normalized spacial score (nSPS) is 12.7. The molecule has 0 fully saturated rings. The predicted octanol–water partition coefficient (Wildman–Crippen LogP) is 6.12. The van der Waals surface area contributed by atoms with Crippen LogP contribution in [0, 0.1) is 21.4 Å². The highest BCUT2D eigenvalue weighted by molar-refractivity contribution is 7.57. The largest absolute Gasteiger partial charge is 0.480 e. The Kier molecular flexibility index (Phi) is 16.5. The number of aliphatic carboxylic acids is 1. The van der Waals surface area contributed by atoms with Crippen molar-refractivity contribution in [2.24, 2.45) is 5.73 Å². The highest BCUT2D eigenvalue weighted by atomic mass is 35.5. The van der Waals surface area contributed by atoms with E-state index in [1.54, 1.807) is 13.8 Å². The number of anilines is 2. The Morgan fingerprint density at radius 1 is 1.14 bits per heavy atom. The second kappa shape index (κ2) is 19.0. The summed E-state index contributed by atoms with van der Waals surface area (Å²) < 4.78 is 53.5. The topological polar surface area (TPSA) is 277 Å². The van der Waals surface area contributed by atoms with Crippen molar-refractivity contribution in [3.8, 4) is 17.6 Å². The number of nitro benzene ring substituents is 1. The highest BCUT2D eigenvalue weighted by Gasteiger charge is 2.31. The van der Waals surface area contributed by atoms with Gasteiger partial charge in [0.1, 0.15) is 28.6 Å². The number of nitrogens with one attached hydrogen (secondary N) is 2. The number of nitro groups is 1. The molecule has 51 heavy (non-hydrogen) atoms. The lowest BCUT2D eigenvalue weighted by Crippen LogP contribution is -2.30. The lowest BCUT2D eigenvalue weighted by Gasteiger charge is -2.17. The Labute approximate surface area is 298 Å². The first kappa shape index (κ1) is 44.2. The van der Waals surface area contributed by atoms with E-state index in [0.29, 0.717) is 18.6 Å². The van der Waals surface area contributed by atoms with Gasteiger partial charge in [-0.1, -0.05) is 11.6 Å². The molecule has 0 spiro atoms. The number of alkyl halides is 3. The Hall–Kier alpha value is -4.80. The van der Waals surface area contributed by atoms with E-state index in [1.807, 2.05) is 6.92 Å². The van der Waals surface area contributed by atoms with E-state index in [0.717, 1.165) is 30.3 Å². The number of aromatic carboxylic acids is 1. The smallest absolute Gasteiger partial charge is 0.416 e. The molecule has 0 aliphatic rings. The van der Waals surface area contributed by atoms with Gasteiger partial charge in [0.15, 0.2) is 7.37 Å². The van der Waals surface area contributed by atoms with Crippen molar-refractivity contribution in [2.45, 2.75) is 44.9 Å². The fourth-order valence-corrected chi connectivity index (χ4v) is 4.39. The van der Waals surface area contributed by atoms with E-state index in [9.17, 15) is 37.4 Å². The molecule has 278 valence electrons. The zero-order valence-electron chi connectivity index (χ0n) is 27.1. The fraction of sp³-hybridized carbons (Fsp3) is 0.357. The number of benzene rings is 2.